The predicted octanol–water partition coefficient (Wildman–Crippen LogP) is 0.995. The lowest BCUT2D eigenvalue weighted by Gasteiger charge is -2.48. The SMILES string of the molecule is O=C(C1C2CCCCC21)N1CC2CC(C1)N2. The Hall–Kier alpha value is -0.570. The molecule has 0 aromatic heterocycles. The maximum absolute atomic E-state index is 12.4. The molecule has 2 aliphatic carbocycles. The van der Waals surface area contributed by atoms with Gasteiger partial charge in [0.1, 0.15) is 0 Å². The van der Waals surface area contributed by atoms with E-state index in [-0.39, 0.29) is 0 Å². The molecule has 1 N–H and O–H groups in total. The van der Waals surface area contributed by atoms with Crippen LogP contribution in [0.15, 0.2) is 0 Å². The van der Waals surface area contributed by atoms with E-state index in [4.69, 9.17) is 0 Å². The van der Waals surface area contributed by atoms with E-state index < -0.39 is 0 Å². The molecule has 3 heterocycles. The fraction of sp³-hybridized carbons (Fsp3) is 0.923. The summed E-state index contributed by atoms with van der Waals surface area (Å²) in [7, 11) is 0. The Morgan fingerprint density at radius 3 is 2.19 bits per heavy atom. The van der Waals surface area contributed by atoms with Crippen LogP contribution in [0.2, 0.25) is 0 Å². The lowest BCUT2D eigenvalue weighted by molar-refractivity contribution is -0.137. The van der Waals surface area contributed by atoms with Gasteiger partial charge in [-0.2, -0.15) is 0 Å². The number of nitrogens with one attached hydrogen (secondary N) is 1. The number of piperidine rings is 1. The first-order valence-corrected chi connectivity index (χ1v) is 6.88. The second kappa shape index (κ2) is 3.22. The number of fused-ring (bicyclic) bond motifs is 3. The molecule has 2 bridgehead atoms. The van der Waals surface area contributed by atoms with Crippen LogP contribution >= 0.6 is 0 Å². The molecule has 16 heavy (non-hydrogen) atoms. The monoisotopic (exact) mass is 220 g/mol. The third-order valence-corrected chi connectivity index (χ3v) is 5.18. The van der Waals surface area contributed by atoms with Crippen molar-refractivity contribution in [1.29, 1.82) is 0 Å². The topological polar surface area (TPSA) is 32.3 Å². The fourth-order valence-corrected chi connectivity index (χ4v) is 4.26. The molecule has 0 spiro atoms. The standard InChI is InChI=1S/C13H20N2O/c16-13(12-10-3-1-2-4-11(10)12)15-6-8-5-9(7-15)14-8/h8-12,14H,1-7H2. The lowest BCUT2D eigenvalue weighted by Crippen LogP contribution is -2.67. The zero-order valence-electron chi connectivity index (χ0n) is 9.69. The molecule has 3 aliphatic heterocycles. The van der Waals surface area contributed by atoms with E-state index in [1.54, 1.807) is 0 Å². The number of rotatable bonds is 1. The zero-order valence-corrected chi connectivity index (χ0v) is 9.69. The molecule has 4 unspecified atom stereocenters. The number of hydrogen-bond acceptors (Lipinski definition) is 2. The van der Waals surface area contributed by atoms with Crippen LogP contribution in [0.25, 0.3) is 0 Å². The maximum Gasteiger partial charge on any atom is 0.226 e. The number of nitrogens with zero attached hydrogens (tertiary/aromatic N) is 1. The van der Waals surface area contributed by atoms with Crippen LogP contribution in [0.1, 0.15) is 32.1 Å². The van der Waals surface area contributed by atoms with Gasteiger partial charge in [-0.15, -0.1) is 0 Å². The van der Waals surface area contributed by atoms with Gasteiger partial charge >= 0.3 is 0 Å². The molecular weight excluding hydrogens is 200 g/mol. The van der Waals surface area contributed by atoms with Gasteiger partial charge in [0.15, 0.2) is 0 Å². The van der Waals surface area contributed by atoms with Crippen molar-refractivity contribution in [2.24, 2.45) is 17.8 Å². The van der Waals surface area contributed by atoms with Gasteiger partial charge in [-0.3, -0.25) is 4.79 Å². The van der Waals surface area contributed by atoms with Crippen LogP contribution in [-0.2, 0) is 4.79 Å². The quantitative estimate of drug-likeness (QED) is 0.715. The van der Waals surface area contributed by atoms with Crippen molar-refractivity contribution in [3.05, 3.63) is 0 Å². The molecule has 2 saturated carbocycles. The van der Waals surface area contributed by atoms with Crippen LogP contribution < -0.4 is 5.32 Å². The van der Waals surface area contributed by atoms with Gasteiger partial charge in [-0.25, -0.2) is 0 Å². The molecule has 5 fully saturated rings. The highest BCUT2D eigenvalue weighted by atomic mass is 16.2. The number of amides is 1. The summed E-state index contributed by atoms with van der Waals surface area (Å²) in [6, 6.07) is 1.23. The van der Waals surface area contributed by atoms with Crippen LogP contribution in [-0.4, -0.2) is 36.0 Å². The van der Waals surface area contributed by atoms with Crippen molar-refractivity contribution >= 4 is 5.91 Å². The van der Waals surface area contributed by atoms with E-state index in [0.29, 0.717) is 23.9 Å². The Morgan fingerprint density at radius 2 is 1.62 bits per heavy atom. The number of piperazine rings is 1. The van der Waals surface area contributed by atoms with Crippen LogP contribution in [0, 0.1) is 17.8 Å². The highest BCUT2D eigenvalue weighted by Crippen LogP contribution is 2.56. The third kappa shape index (κ3) is 1.27. The van der Waals surface area contributed by atoms with Gasteiger partial charge in [0.05, 0.1) is 0 Å². The average Bonchev–Trinajstić information content (AvgIpc) is 3.01. The van der Waals surface area contributed by atoms with Crippen molar-refractivity contribution in [3.8, 4) is 0 Å². The van der Waals surface area contributed by atoms with Crippen molar-refractivity contribution in [1.82, 2.24) is 10.2 Å². The average molecular weight is 220 g/mol. The van der Waals surface area contributed by atoms with Crippen LogP contribution in [0.4, 0.5) is 0 Å². The van der Waals surface area contributed by atoms with Crippen LogP contribution in [0.5, 0.6) is 0 Å². The molecule has 3 nitrogen and oxygen atoms in total. The van der Waals surface area contributed by atoms with E-state index in [9.17, 15) is 4.79 Å². The normalized spacial score (nSPS) is 49.2. The molecule has 4 atom stereocenters. The molecule has 0 radical (unpaired) electrons. The minimum Gasteiger partial charge on any atom is -0.339 e. The summed E-state index contributed by atoms with van der Waals surface area (Å²) in [6.45, 7) is 1.95. The Labute approximate surface area is 96.6 Å². The van der Waals surface area contributed by atoms with Gasteiger partial charge in [0, 0.05) is 31.1 Å². The van der Waals surface area contributed by atoms with E-state index in [2.05, 4.69) is 10.2 Å². The fourth-order valence-electron chi connectivity index (χ4n) is 4.26. The highest BCUT2D eigenvalue weighted by Gasteiger charge is 2.56. The summed E-state index contributed by atoms with van der Waals surface area (Å²) in [5.74, 6) is 2.47. The molecule has 0 aromatic carbocycles. The summed E-state index contributed by atoms with van der Waals surface area (Å²) in [6.07, 6.45) is 6.65. The van der Waals surface area contributed by atoms with Crippen molar-refractivity contribution < 1.29 is 4.79 Å². The van der Waals surface area contributed by atoms with Crippen molar-refractivity contribution in [2.75, 3.05) is 13.1 Å². The Balaban J connectivity index is 1.42. The molecular formula is C13H20N2O. The zero-order chi connectivity index (χ0) is 10.7. The minimum atomic E-state index is 0.431. The Morgan fingerprint density at radius 1 is 1.06 bits per heavy atom. The molecule has 1 amide bonds. The third-order valence-electron chi connectivity index (χ3n) is 5.18. The van der Waals surface area contributed by atoms with Gasteiger partial charge in [-0.1, -0.05) is 12.8 Å². The summed E-state index contributed by atoms with van der Waals surface area (Å²) < 4.78 is 0. The minimum absolute atomic E-state index is 0.431. The van der Waals surface area contributed by atoms with Crippen LogP contribution in [0.3, 0.4) is 0 Å². The summed E-state index contributed by atoms with van der Waals surface area (Å²) in [5, 5.41) is 3.49. The predicted molar refractivity (Wildman–Crippen MR) is 60.8 cm³/mol. The second-order valence-electron chi connectivity index (χ2n) is 6.18. The van der Waals surface area contributed by atoms with E-state index in [1.165, 1.54) is 32.1 Å². The summed E-state index contributed by atoms with van der Waals surface area (Å²) >= 11 is 0. The first-order valence-electron chi connectivity index (χ1n) is 6.88. The molecule has 88 valence electrons. The van der Waals surface area contributed by atoms with Gasteiger partial charge in [0.25, 0.3) is 0 Å². The number of carbonyl (C=O) groups excluding carboxylic acids is 1. The largest absolute Gasteiger partial charge is 0.339 e. The number of carbonyl (C=O) groups is 1. The first kappa shape index (κ1) is 9.46. The van der Waals surface area contributed by atoms with Crippen molar-refractivity contribution in [3.63, 3.8) is 0 Å². The summed E-state index contributed by atoms with van der Waals surface area (Å²) in [4.78, 5) is 14.5. The Kier molecular flexibility index (Phi) is 1.90. The van der Waals surface area contributed by atoms with Gasteiger partial charge in [0.2, 0.25) is 5.91 Å². The van der Waals surface area contributed by atoms with Crippen molar-refractivity contribution in [2.45, 2.75) is 44.2 Å². The van der Waals surface area contributed by atoms with Gasteiger partial charge < -0.3 is 10.2 Å². The summed E-state index contributed by atoms with van der Waals surface area (Å²) in [5.41, 5.74) is 0. The highest BCUT2D eigenvalue weighted by molar-refractivity contribution is 5.82. The number of hydrogen-bond donors (Lipinski definition) is 1. The molecule has 3 heteroatoms. The Bertz CT molecular complexity index is 298. The van der Waals surface area contributed by atoms with E-state index in [1.807, 2.05) is 0 Å². The second-order valence-corrected chi connectivity index (χ2v) is 6.18. The maximum atomic E-state index is 12.4. The first-order chi connectivity index (χ1) is 7.83. The smallest absolute Gasteiger partial charge is 0.226 e. The van der Waals surface area contributed by atoms with E-state index >= 15 is 0 Å². The molecule has 0 aromatic rings. The molecule has 3 saturated heterocycles. The van der Waals surface area contributed by atoms with E-state index in [0.717, 1.165) is 24.9 Å². The lowest BCUT2D eigenvalue weighted by atomic mass is 9.91. The molecule has 5 rings (SSSR count). The van der Waals surface area contributed by atoms with Gasteiger partial charge in [-0.05, 0) is 31.1 Å². The molecule has 5 aliphatic rings.